The first-order chi connectivity index (χ1) is 14.1. The van der Waals surface area contributed by atoms with Crippen LogP contribution in [-0.4, -0.2) is 40.6 Å². The molecule has 152 valence electrons. The minimum Gasteiger partial charge on any atom is -0.313 e. The van der Waals surface area contributed by atoms with Crippen LogP contribution in [0.3, 0.4) is 0 Å². The average molecular weight is 411 g/mol. The molecule has 0 aliphatic carbocycles. The average Bonchev–Trinajstić information content (AvgIpc) is 3.16. The van der Waals surface area contributed by atoms with Crippen LogP contribution in [0.2, 0.25) is 0 Å². The summed E-state index contributed by atoms with van der Waals surface area (Å²) in [5.41, 5.74) is 2.03. The Bertz CT molecular complexity index is 1020. The molecule has 0 saturated carbocycles. The Hall–Kier alpha value is -2.51. The van der Waals surface area contributed by atoms with Crippen LogP contribution in [0.25, 0.3) is 0 Å². The molecule has 7 heteroatoms. The second-order valence-electron chi connectivity index (χ2n) is 7.67. The highest BCUT2D eigenvalue weighted by Gasteiger charge is 2.29. The van der Waals surface area contributed by atoms with Gasteiger partial charge in [0.1, 0.15) is 12.2 Å². The highest BCUT2D eigenvalue weighted by atomic mass is 32.2. The molecule has 1 fully saturated rings. The molecule has 1 aromatic heterocycles. The summed E-state index contributed by atoms with van der Waals surface area (Å²) in [4.78, 5) is 0. The van der Waals surface area contributed by atoms with Crippen molar-refractivity contribution in [2.75, 3.05) is 13.1 Å². The first kappa shape index (κ1) is 19.8. The molecular formula is C22H26N4O2S. The van der Waals surface area contributed by atoms with Gasteiger partial charge in [0.15, 0.2) is 0 Å². The zero-order valence-corrected chi connectivity index (χ0v) is 17.2. The second-order valence-corrected chi connectivity index (χ2v) is 9.64. The fourth-order valence-corrected chi connectivity index (χ4v) is 5.57. The number of aromatic nitrogens is 3. The maximum absolute atomic E-state index is 12.9. The Morgan fingerprint density at radius 2 is 1.66 bits per heavy atom. The summed E-state index contributed by atoms with van der Waals surface area (Å²) >= 11 is 0. The Balaban J connectivity index is 1.41. The van der Waals surface area contributed by atoms with Gasteiger partial charge in [-0.05, 0) is 29.9 Å². The smallest absolute Gasteiger partial charge is 0.218 e. The number of hydrogen-bond donors (Lipinski definition) is 0. The maximum atomic E-state index is 12.9. The van der Waals surface area contributed by atoms with Crippen molar-refractivity contribution >= 4 is 10.0 Å². The number of sulfonamides is 1. The molecule has 3 aromatic rings. The Morgan fingerprint density at radius 1 is 0.966 bits per heavy atom. The van der Waals surface area contributed by atoms with Gasteiger partial charge in [-0.25, -0.2) is 12.7 Å². The number of nitrogens with zero attached hydrogens (tertiary/aromatic N) is 4. The predicted molar refractivity (Wildman–Crippen MR) is 113 cm³/mol. The Labute approximate surface area is 172 Å². The van der Waals surface area contributed by atoms with Gasteiger partial charge in [0.25, 0.3) is 0 Å². The number of benzene rings is 2. The molecule has 4 rings (SSSR count). The third-order valence-electron chi connectivity index (χ3n) is 5.43. The van der Waals surface area contributed by atoms with Crippen molar-refractivity contribution in [1.29, 1.82) is 0 Å². The lowest BCUT2D eigenvalue weighted by Gasteiger charge is -2.31. The minimum absolute atomic E-state index is 0.0603. The summed E-state index contributed by atoms with van der Waals surface area (Å²) < 4.78 is 29.5. The first-order valence-electron chi connectivity index (χ1n) is 10.0. The standard InChI is InChI=1S/C22H26N4O2S/c27-29(28,17-20-10-5-2-6-11-20)26-13-7-12-21(16-26)14-22-24-23-18-25(22)15-19-8-3-1-4-9-19/h1-6,8-11,18,21H,7,12-17H2. The van der Waals surface area contributed by atoms with Gasteiger partial charge in [0, 0.05) is 19.5 Å². The molecule has 0 amide bonds. The molecule has 29 heavy (non-hydrogen) atoms. The van der Waals surface area contributed by atoms with Crippen molar-refractivity contribution in [1.82, 2.24) is 19.1 Å². The maximum Gasteiger partial charge on any atom is 0.218 e. The van der Waals surface area contributed by atoms with Crippen molar-refractivity contribution in [3.8, 4) is 0 Å². The quantitative estimate of drug-likeness (QED) is 0.600. The van der Waals surface area contributed by atoms with Crippen LogP contribution in [0.15, 0.2) is 67.0 Å². The third kappa shape index (κ3) is 5.10. The van der Waals surface area contributed by atoms with Crippen molar-refractivity contribution in [3.05, 3.63) is 83.9 Å². The number of hydrogen-bond acceptors (Lipinski definition) is 4. The lowest BCUT2D eigenvalue weighted by Crippen LogP contribution is -2.41. The van der Waals surface area contributed by atoms with Gasteiger partial charge in [0.05, 0.1) is 12.3 Å². The SMILES string of the molecule is O=S(=O)(Cc1ccccc1)N1CCCC(Cc2nncn2Cc2ccccc2)C1. The Morgan fingerprint density at radius 3 is 2.38 bits per heavy atom. The molecule has 0 radical (unpaired) electrons. The molecule has 0 N–H and O–H groups in total. The van der Waals surface area contributed by atoms with E-state index in [2.05, 4.69) is 26.9 Å². The van der Waals surface area contributed by atoms with Gasteiger partial charge < -0.3 is 4.57 Å². The van der Waals surface area contributed by atoms with E-state index in [-0.39, 0.29) is 11.7 Å². The van der Waals surface area contributed by atoms with Gasteiger partial charge >= 0.3 is 0 Å². The van der Waals surface area contributed by atoms with Gasteiger partial charge in [-0.15, -0.1) is 10.2 Å². The van der Waals surface area contributed by atoms with Gasteiger partial charge in [-0.1, -0.05) is 60.7 Å². The first-order valence-corrected chi connectivity index (χ1v) is 11.6. The van der Waals surface area contributed by atoms with E-state index in [9.17, 15) is 8.42 Å². The molecule has 2 heterocycles. The highest BCUT2D eigenvalue weighted by molar-refractivity contribution is 7.88. The van der Waals surface area contributed by atoms with E-state index in [1.165, 1.54) is 5.56 Å². The largest absolute Gasteiger partial charge is 0.313 e. The highest BCUT2D eigenvalue weighted by Crippen LogP contribution is 2.24. The van der Waals surface area contributed by atoms with Crippen molar-refractivity contribution in [3.63, 3.8) is 0 Å². The number of rotatable bonds is 7. The molecule has 0 bridgehead atoms. The molecule has 6 nitrogen and oxygen atoms in total. The van der Waals surface area contributed by atoms with E-state index in [1.807, 2.05) is 48.5 Å². The summed E-state index contributed by atoms with van der Waals surface area (Å²) in [6, 6.07) is 19.6. The topological polar surface area (TPSA) is 68.1 Å². The van der Waals surface area contributed by atoms with E-state index >= 15 is 0 Å². The van der Waals surface area contributed by atoms with Crippen LogP contribution < -0.4 is 0 Å². The molecule has 1 saturated heterocycles. The van der Waals surface area contributed by atoms with E-state index in [0.717, 1.165) is 37.2 Å². The van der Waals surface area contributed by atoms with Crippen LogP contribution in [0, 0.1) is 5.92 Å². The van der Waals surface area contributed by atoms with Crippen LogP contribution in [0.4, 0.5) is 0 Å². The van der Waals surface area contributed by atoms with E-state index < -0.39 is 10.0 Å². The van der Waals surface area contributed by atoms with Crippen LogP contribution in [-0.2, 0) is 28.7 Å². The van der Waals surface area contributed by atoms with Crippen LogP contribution in [0.5, 0.6) is 0 Å². The summed E-state index contributed by atoms with van der Waals surface area (Å²) in [6.45, 7) is 1.88. The van der Waals surface area contributed by atoms with Crippen LogP contribution >= 0.6 is 0 Å². The normalized spacial score (nSPS) is 18.0. The van der Waals surface area contributed by atoms with Gasteiger partial charge in [0.2, 0.25) is 10.0 Å². The van der Waals surface area contributed by atoms with Gasteiger partial charge in [-0.2, -0.15) is 0 Å². The summed E-state index contributed by atoms with van der Waals surface area (Å²) in [7, 11) is -3.32. The van der Waals surface area contributed by atoms with Crippen LogP contribution in [0.1, 0.15) is 29.8 Å². The molecule has 1 aliphatic rings. The molecular weight excluding hydrogens is 384 g/mol. The Kier molecular flexibility index (Phi) is 6.06. The zero-order valence-electron chi connectivity index (χ0n) is 16.4. The van der Waals surface area contributed by atoms with Gasteiger partial charge in [-0.3, -0.25) is 0 Å². The zero-order chi connectivity index (χ0) is 20.1. The minimum atomic E-state index is -3.32. The fourth-order valence-electron chi connectivity index (χ4n) is 3.93. The lowest BCUT2D eigenvalue weighted by atomic mass is 9.96. The summed E-state index contributed by atoms with van der Waals surface area (Å²) in [5, 5.41) is 8.39. The van der Waals surface area contributed by atoms with Crippen molar-refractivity contribution in [2.45, 2.75) is 31.6 Å². The molecule has 1 aliphatic heterocycles. The summed E-state index contributed by atoms with van der Waals surface area (Å²) in [6.07, 6.45) is 4.39. The molecule has 1 atom stereocenters. The monoisotopic (exact) mass is 410 g/mol. The van der Waals surface area contributed by atoms with Crippen molar-refractivity contribution < 1.29 is 8.42 Å². The summed E-state index contributed by atoms with van der Waals surface area (Å²) in [5.74, 6) is 1.24. The lowest BCUT2D eigenvalue weighted by molar-refractivity contribution is 0.261. The number of piperidine rings is 1. The van der Waals surface area contributed by atoms with E-state index in [0.29, 0.717) is 13.1 Å². The molecule has 0 spiro atoms. The second kappa shape index (κ2) is 8.88. The van der Waals surface area contributed by atoms with Crippen molar-refractivity contribution in [2.24, 2.45) is 5.92 Å². The molecule has 1 unspecified atom stereocenters. The fraction of sp³-hybridized carbons (Fsp3) is 0.364. The predicted octanol–water partition coefficient (Wildman–Crippen LogP) is 3.11. The third-order valence-corrected chi connectivity index (χ3v) is 7.25. The van der Waals surface area contributed by atoms with E-state index in [1.54, 1.807) is 10.6 Å². The molecule has 2 aromatic carbocycles. The van der Waals surface area contributed by atoms with E-state index in [4.69, 9.17) is 0 Å².